The number of morpholine rings is 1. The van der Waals surface area contributed by atoms with Crippen molar-refractivity contribution in [2.24, 2.45) is 5.73 Å². The zero-order valence-electron chi connectivity index (χ0n) is 16.0. The van der Waals surface area contributed by atoms with E-state index in [1.54, 1.807) is 6.92 Å². The molecule has 3 N–H and O–H groups in total. The summed E-state index contributed by atoms with van der Waals surface area (Å²) in [5.74, 6) is -0.0882. The van der Waals surface area contributed by atoms with E-state index in [-0.39, 0.29) is 18.1 Å². The van der Waals surface area contributed by atoms with Crippen LogP contribution >= 0.6 is 0 Å². The fourth-order valence-electron chi connectivity index (χ4n) is 3.45. The van der Waals surface area contributed by atoms with E-state index in [1.807, 2.05) is 6.92 Å². The number of hydrogen-bond acceptors (Lipinski definition) is 4. The number of nitrogens with one attached hydrogen (secondary N) is 1. The SMILES string of the molecule is CCCC(C)(N)C(=O)NCc1ccc(CN2CC(C)OC(C)C2)cc1. The summed E-state index contributed by atoms with van der Waals surface area (Å²) in [6, 6.07) is 8.44. The molecule has 0 aliphatic carbocycles. The van der Waals surface area contributed by atoms with Crippen molar-refractivity contribution < 1.29 is 9.53 Å². The molecular formula is C20H33N3O2. The van der Waals surface area contributed by atoms with Gasteiger partial charge in [0.05, 0.1) is 17.7 Å². The van der Waals surface area contributed by atoms with E-state index < -0.39 is 5.54 Å². The Morgan fingerprint density at radius 1 is 1.24 bits per heavy atom. The molecule has 25 heavy (non-hydrogen) atoms. The van der Waals surface area contributed by atoms with Gasteiger partial charge < -0.3 is 15.8 Å². The van der Waals surface area contributed by atoms with Gasteiger partial charge in [0.2, 0.25) is 5.91 Å². The minimum atomic E-state index is -0.793. The van der Waals surface area contributed by atoms with Crippen LogP contribution in [-0.2, 0) is 22.6 Å². The van der Waals surface area contributed by atoms with E-state index in [2.05, 4.69) is 48.3 Å². The van der Waals surface area contributed by atoms with Crippen LogP contribution in [0, 0.1) is 0 Å². The van der Waals surface area contributed by atoms with Crippen LogP contribution in [0.1, 0.15) is 51.7 Å². The van der Waals surface area contributed by atoms with E-state index in [4.69, 9.17) is 10.5 Å². The first-order valence-corrected chi connectivity index (χ1v) is 9.33. The summed E-state index contributed by atoms with van der Waals surface area (Å²) in [5.41, 5.74) is 7.64. The molecule has 1 saturated heterocycles. The van der Waals surface area contributed by atoms with Crippen molar-refractivity contribution in [2.45, 2.75) is 71.4 Å². The summed E-state index contributed by atoms with van der Waals surface area (Å²) in [7, 11) is 0. The predicted molar refractivity (Wildman–Crippen MR) is 101 cm³/mol. The Hall–Kier alpha value is -1.43. The van der Waals surface area contributed by atoms with Gasteiger partial charge in [0.25, 0.3) is 0 Å². The van der Waals surface area contributed by atoms with Gasteiger partial charge in [-0.05, 0) is 38.3 Å². The van der Waals surface area contributed by atoms with Crippen LogP contribution in [0.25, 0.3) is 0 Å². The summed E-state index contributed by atoms with van der Waals surface area (Å²) in [5, 5.41) is 2.95. The van der Waals surface area contributed by atoms with Crippen LogP contribution in [0.3, 0.4) is 0 Å². The third-order valence-electron chi connectivity index (χ3n) is 4.67. The maximum atomic E-state index is 12.2. The molecule has 0 bridgehead atoms. The third kappa shape index (κ3) is 6.10. The van der Waals surface area contributed by atoms with Gasteiger partial charge in [-0.1, -0.05) is 37.6 Å². The number of hydrogen-bond donors (Lipinski definition) is 2. The molecule has 1 fully saturated rings. The largest absolute Gasteiger partial charge is 0.373 e. The average molecular weight is 348 g/mol. The first kappa shape index (κ1) is 19.9. The number of amides is 1. The van der Waals surface area contributed by atoms with Gasteiger partial charge >= 0.3 is 0 Å². The number of rotatable bonds is 7. The quantitative estimate of drug-likeness (QED) is 0.795. The lowest BCUT2D eigenvalue weighted by Gasteiger charge is -2.35. The van der Waals surface area contributed by atoms with E-state index in [9.17, 15) is 4.79 Å². The molecule has 5 nitrogen and oxygen atoms in total. The fraction of sp³-hybridized carbons (Fsp3) is 0.650. The summed E-state index contributed by atoms with van der Waals surface area (Å²) >= 11 is 0. The van der Waals surface area contributed by atoms with Crippen molar-refractivity contribution in [3.05, 3.63) is 35.4 Å². The fourth-order valence-corrected chi connectivity index (χ4v) is 3.45. The second-order valence-electron chi connectivity index (χ2n) is 7.62. The van der Waals surface area contributed by atoms with Crippen LogP contribution in [-0.4, -0.2) is 41.6 Å². The second-order valence-corrected chi connectivity index (χ2v) is 7.62. The van der Waals surface area contributed by atoms with Crippen LogP contribution in [0.4, 0.5) is 0 Å². The molecule has 140 valence electrons. The van der Waals surface area contributed by atoms with Crippen LogP contribution in [0.15, 0.2) is 24.3 Å². The van der Waals surface area contributed by atoms with Crippen LogP contribution in [0.5, 0.6) is 0 Å². The molecular weight excluding hydrogens is 314 g/mol. The van der Waals surface area contributed by atoms with E-state index in [0.717, 1.165) is 31.6 Å². The monoisotopic (exact) mass is 347 g/mol. The minimum Gasteiger partial charge on any atom is -0.373 e. The molecule has 1 aromatic carbocycles. The first-order chi connectivity index (χ1) is 11.8. The molecule has 0 aromatic heterocycles. The lowest BCUT2D eigenvalue weighted by Crippen LogP contribution is -2.51. The molecule has 0 saturated carbocycles. The predicted octanol–water partition coefficient (Wildman–Crippen LogP) is 2.43. The molecule has 1 amide bonds. The molecule has 1 aliphatic heterocycles. The van der Waals surface area contributed by atoms with E-state index in [1.165, 1.54) is 5.56 Å². The topological polar surface area (TPSA) is 67.6 Å². The number of carbonyl (C=O) groups is 1. The summed E-state index contributed by atoms with van der Waals surface area (Å²) in [6.45, 7) is 11.5. The lowest BCUT2D eigenvalue weighted by atomic mass is 9.96. The number of nitrogens with two attached hydrogens (primary N) is 1. The minimum absolute atomic E-state index is 0.0882. The molecule has 1 aliphatic rings. The second kappa shape index (κ2) is 8.79. The standard InChI is InChI=1S/C20H33N3O2/c1-5-10-20(4,21)19(24)22-11-17-6-8-18(9-7-17)14-23-12-15(2)25-16(3)13-23/h6-9,15-16H,5,10-14,21H2,1-4H3,(H,22,24). The van der Waals surface area contributed by atoms with Crippen LogP contribution < -0.4 is 11.1 Å². The van der Waals surface area contributed by atoms with Gasteiger partial charge in [0.15, 0.2) is 0 Å². The molecule has 0 spiro atoms. The Bertz CT molecular complexity index is 547. The lowest BCUT2D eigenvalue weighted by molar-refractivity contribution is -0.126. The van der Waals surface area contributed by atoms with Crippen molar-refractivity contribution in [3.63, 3.8) is 0 Å². The molecule has 0 radical (unpaired) electrons. The highest BCUT2D eigenvalue weighted by Gasteiger charge is 2.26. The number of nitrogens with zero attached hydrogens (tertiary/aromatic N) is 1. The summed E-state index contributed by atoms with van der Waals surface area (Å²) in [4.78, 5) is 14.6. The zero-order valence-corrected chi connectivity index (χ0v) is 16.0. The maximum absolute atomic E-state index is 12.2. The van der Waals surface area contributed by atoms with Crippen LogP contribution in [0.2, 0.25) is 0 Å². The number of benzene rings is 1. The Labute approximate surface area is 151 Å². The van der Waals surface area contributed by atoms with Gasteiger partial charge in [-0.3, -0.25) is 9.69 Å². The van der Waals surface area contributed by atoms with Gasteiger partial charge in [-0.15, -0.1) is 0 Å². The molecule has 1 aromatic rings. The van der Waals surface area contributed by atoms with Gasteiger partial charge in [0, 0.05) is 26.2 Å². The Morgan fingerprint density at radius 2 is 1.80 bits per heavy atom. The highest BCUT2D eigenvalue weighted by Crippen LogP contribution is 2.15. The molecule has 3 atom stereocenters. The third-order valence-corrected chi connectivity index (χ3v) is 4.67. The highest BCUT2D eigenvalue weighted by atomic mass is 16.5. The van der Waals surface area contributed by atoms with Crippen molar-refractivity contribution >= 4 is 5.91 Å². The van der Waals surface area contributed by atoms with Crippen molar-refractivity contribution in [3.8, 4) is 0 Å². The van der Waals surface area contributed by atoms with Gasteiger partial charge in [-0.25, -0.2) is 0 Å². The molecule has 3 unspecified atom stereocenters. The number of carbonyl (C=O) groups excluding carboxylic acids is 1. The van der Waals surface area contributed by atoms with Crippen molar-refractivity contribution in [1.29, 1.82) is 0 Å². The van der Waals surface area contributed by atoms with Gasteiger partial charge in [-0.2, -0.15) is 0 Å². The van der Waals surface area contributed by atoms with E-state index in [0.29, 0.717) is 13.0 Å². The smallest absolute Gasteiger partial charge is 0.240 e. The molecule has 1 heterocycles. The van der Waals surface area contributed by atoms with Gasteiger partial charge in [0.1, 0.15) is 0 Å². The normalized spacial score (nSPS) is 23.9. The maximum Gasteiger partial charge on any atom is 0.240 e. The molecule has 5 heteroatoms. The Kier molecular flexibility index (Phi) is 6.99. The Balaban J connectivity index is 1.84. The van der Waals surface area contributed by atoms with Crippen molar-refractivity contribution in [2.75, 3.05) is 13.1 Å². The first-order valence-electron chi connectivity index (χ1n) is 9.33. The number of ether oxygens (including phenoxy) is 1. The Morgan fingerprint density at radius 3 is 2.36 bits per heavy atom. The summed E-state index contributed by atoms with van der Waals surface area (Å²) in [6.07, 6.45) is 2.15. The zero-order chi connectivity index (χ0) is 18.4. The van der Waals surface area contributed by atoms with E-state index >= 15 is 0 Å². The summed E-state index contributed by atoms with van der Waals surface area (Å²) < 4.78 is 5.78. The van der Waals surface area contributed by atoms with Crippen molar-refractivity contribution in [1.82, 2.24) is 10.2 Å². The molecule has 2 rings (SSSR count). The highest BCUT2D eigenvalue weighted by molar-refractivity contribution is 5.85. The average Bonchev–Trinajstić information content (AvgIpc) is 2.53.